The molecular weight excluding hydrogens is 256 g/mol. The maximum Gasteiger partial charge on any atom is 0.356 e. The van der Waals surface area contributed by atoms with Crippen molar-refractivity contribution in [2.75, 3.05) is 7.11 Å². The zero-order valence-corrected chi connectivity index (χ0v) is 11.4. The van der Waals surface area contributed by atoms with E-state index < -0.39 is 5.97 Å². The highest BCUT2D eigenvalue weighted by molar-refractivity contribution is 5.87. The lowest BCUT2D eigenvalue weighted by molar-refractivity contribution is 0.0115. The van der Waals surface area contributed by atoms with Crippen molar-refractivity contribution in [2.45, 2.75) is 25.7 Å². The van der Waals surface area contributed by atoms with Crippen molar-refractivity contribution in [1.29, 1.82) is 0 Å². The van der Waals surface area contributed by atoms with Crippen molar-refractivity contribution < 1.29 is 14.3 Å². The smallest absolute Gasteiger partial charge is 0.356 e. The molecule has 2 unspecified atom stereocenters. The summed E-state index contributed by atoms with van der Waals surface area (Å²) >= 11 is 0. The van der Waals surface area contributed by atoms with Gasteiger partial charge in [0.25, 0.3) is 0 Å². The summed E-state index contributed by atoms with van der Waals surface area (Å²) in [5, 5.41) is 0. The molecule has 3 rings (SSSR count). The van der Waals surface area contributed by atoms with E-state index in [1.54, 1.807) is 6.33 Å². The molecule has 0 saturated heterocycles. The summed E-state index contributed by atoms with van der Waals surface area (Å²) in [6, 6.07) is 8.03. The Bertz CT molecular complexity index is 636. The summed E-state index contributed by atoms with van der Waals surface area (Å²) in [5.41, 5.74) is 2.74. The molecule has 20 heavy (non-hydrogen) atoms. The quantitative estimate of drug-likeness (QED) is 0.786. The third-order valence-corrected chi connectivity index (χ3v) is 3.68. The molecule has 0 aliphatic carbocycles. The standard InChI is InChI=1S/C15H16N2O3/c1-10-14(12-6-4-3-5-11(12)8-20-10)17-9-16-7-13(17)15(18)19-2/h3-7,9-10,14H,8H2,1-2H3. The summed E-state index contributed by atoms with van der Waals surface area (Å²) < 4.78 is 12.4. The van der Waals surface area contributed by atoms with E-state index in [0.717, 1.165) is 11.1 Å². The predicted molar refractivity (Wildman–Crippen MR) is 72.4 cm³/mol. The number of carbonyl (C=O) groups is 1. The maximum atomic E-state index is 11.8. The summed E-state index contributed by atoms with van der Waals surface area (Å²) in [6.45, 7) is 2.60. The molecule has 0 spiro atoms. The molecule has 1 aliphatic heterocycles. The van der Waals surface area contributed by atoms with E-state index in [4.69, 9.17) is 9.47 Å². The lowest BCUT2D eigenvalue weighted by Crippen LogP contribution is -2.32. The normalized spacial score (nSPS) is 21.3. The second-order valence-corrected chi connectivity index (χ2v) is 4.84. The third-order valence-electron chi connectivity index (χ3n) is 3.68. The number of imidazole rings is 1. The van der Waals surface area contributed by atoms with Crippen LogP contribution in [0.15, 0.2) is 36.8 Å². The van der Waals surface area contributed by atoms with Gasteiger partial charge in [0, 0.05) is 0 Å². The van der Waals surface area contributed by atoms with E-state index in [9.17, 15) is 4.79 Å². The second-order valence-electron chi connectivity index (χ2n) is 4.84. The minimum absolute atomic E-state index is 0.0393. The van der Waals surface area contributed by atoms with Gasteiger partial charge in [-0.2, -0.15) is 0 Å². The molecule has 0 bridgehead atoms. The minimum Gasteiger partial charge on any atom is -0.464 e. The van der Waals surface area contributed by atoms with Crippen LogP contribution in [0, 0.1) is 0 Å². The van der Waals surface area contributed by atoms with Gasteiger partial charge in [-0.25, -0.2) is 9.78 Å². The molecular formula is C15H16N2O3. The Kier molecular flexibility index (Phi) is 3.28. The molecule has 0 N–H and O–H groups in total. The fourth-order valence-corrected chi connectivity index (χ4v) is 2.68. The van der Waals surface area contributed by atoms with Gasteiger partial charge >= 0.3 is 5.97 Å². The van der Waals surface area contributed by atoms with Gasteiger partial charge in [-0.1, -0.05) is 24.3 Å². The Morgan fingerprint density at radius 2 is 2.25 bits per heavy atom. The van der Waals surface area contributed by atoms with Crippen molar-refractivity contribution in [3.05, 3.63) is 53.6 Å². The highest BCUT2D eigenvalue weighted by atomic mass is 16.5. The molecule has 5 nitrogen and oxygen atoms in total. The molecule has 0 radical (unpaired) electrons. The third kappa shape index (κ3) is 2.00. The molecule has 0 amide bonds. The molecule has 5 heteroatoms. The highest BCUT2D eigenvalue weighted by Gasteiger charge is 2.31. The number of hydrogen-bond donors (Lipinski definition) is 0. The minimum atomic E-state index is -0.391. The van der Waals surface area contributed by atoms with Crippen LogP contribution in [0.4, 0.5) is 0 Å². The molecule has 2 aromatic rings. The summed E-state index contributed by atoms with van der Waals surface area (Å²) in [5.74, 6) is -0.391. The van der Waals surface area contributed by atoms with Gasteiger partial charge < -0.3 is 14.0 Å². The van der Waals surface area contributed by atoms with Gasteiger partial charge in [-0.15, -0.1) is 0 Å². The predicted octanol–water partition coefficient (Wildman–Crippen LogP) is 2.18. The van der Waals surface area contributed by atoms with E-state index in [1.807, 2.05) is 29.7 Å². The van der Waals surface area contributed by atoms with Crippen molar-refractivity contribution in [1.82, 2.24) is 9.55 Å². The van der Waals surface area contributed by atoms with Gasteiger partial charge in [0.05, 0.1) is 38.4 Å². The lowest BCUT2D eigenvalue weighted by Gasteiger charge is -2.33. The van der Waals surface area contributed by atoms with Crippen molar-refractivity contribution in [3.63, 3.8) is 0 Å². The molecule has 1 aliphatic rings. The Hall–Kier alpha value is -2.14. The lowest BCUT2D eigenvalue weighted by atomic mass is 9.94. The highest BCUT2D eigenvalue weighted by Crippen LogP contribution is 2.33. The van der Waals surface area contributed by atoms with E-state index >= 15 is 0 Å². The first kappa shape index (κ1) is 12.9. The zero-order chi connectivity index (χ0) is 14.1. The van der Waals surface area contributed by atoms with Crippen LogP contribution in [0.25, 0.3) is 0 Å². The number of benzene rings is 1. The first-order chi connectivity index (χ1) is 9.72. The SMILES string of the molecule is COC(=O)c1cncn1C1c2ccccc2COC1C. The topological polar surface area (TPSA) is 53.3 Å². The molecule has 2 heterocycles. The maximum absolute atomic E-state index is 11.8. The van der Waals surface area contributed by atoms with Crippen LogP contribution in [0.5, 0.6) is 0 Å². The van der Waals surface area contributed by atoms with Crippen LogP contribution in [0.1, 0.15) is 34.6 Å². The van der Waals surface area contributed by atoms with Crippen LogP contribution in [0.2, 0.25) is 0 Å². The van der Waals surface area contributed by atoms with Gasteiger partial charge in [-0.3, -0.25) is 0 Å². The number of nitrogens with zero attached hydrogens (tertiary/aromatic N) is 2. The van der Waals surface area contributed by atoms with E-state index in [1.165, 1.54) is 13.3 Å². The number of rotatable bonds is 2. The first-order valence-electron chi connectivity index (χ1n) is 6.52. The van der Waals surface area contributed by atoms with E-state index in [2.05, 4.69) is 11.1 Å². The fourth-order valence-electron chi connectivity index (χ4n) is 2.68. The van der Waals surface area contributed by atoms with Crippen molar-refractivity contribution in [2.24, 2.45) is 0 Å². The fraction of sp³-hybridized carbons (Fsp3) is 0.333. The molecule has 1 aromatic heterocycles. The van der Waals surface area contributed by atoms with Crippen LogP contribution in [-0.4, -0.2) is 28.7 Å². The molecule has 2 atom stereocenters. The number of hydrogen-bond acceptors (Lipinski definition) is 4. The Morgan fingerprint density at radius 3 is 3.05 bits per heavy atom. The summed E-state index contributed by atoms with van der Waals surface area (Å²) in [7, 11) is 1.37. The van der Waals surface area contributed by atoms with E-state index in [0.29, 0.717) is 12.3 Å². The number of carbonyl (C=O) groups excluding carboxylic acids is 1. The van der Waals surface area contributed by atoms with Gasteiger partial charge in [-0.05, 0) is 18.1 Å². The average molecular weight is 272 g/mol. The number of ether oxygens (including phenoxy) is 2. The van der Waals surface area contributed by atoms with Crippen molar-refractivity contribution in [3.8, 4) is 0 Å². The second kappa shape index (κ2) is 5.09. The number of esters is 1. The number of fused-ring (bicyclic) bond motifs is 1. The molecule has 0 saturated carbocycles. The van der Waals surface area contributed by atoms with Gasteiger partial charge in [0.15, 0.2) is 0 Å². The zero-order valence-electron chi connectivity index (χ0n) is 11.4. The molecule has 0 fully saturated rings. The first-order valence-corrected chi connectivity index (χ1v) is 6.52. The molecule has 104 valence electrons. The van der Waals surface area contributed by atoms with Crippen LogP contribution in [0.3, 0.4) is 0 Å². The van der Waals surface area contributed by atoms with E-state index in [-0.39, 0.29) is 12.1 Å². The van der Waals surface area contributed by atoms with Gasteiger partial charge in [0.2, 0.25) is 0 Å². The summed E-state index contributed by atoms with van der Waals surface area (Å²) in [6.07, 6.45) is 3.14. The number of methoxy groups -OCH3 is 1. The Labute approximate surface area is 117 Å². The average Bonchev–Trinajstić information content (AvgIpc) is 2.95. The summed E-state index contributed by atoms with van der Waals surface area (Å²) in [4.78, 5) is 15.9. The van der Waals surface area contributed by atoms with Crippen LogP contribution in [-0.2, 0) is 16.1 Å². The van der Waals surface area contributed by atoms with Gasteiger partial charge in [0.1, 0.15) is 5.69 Å². The Balaban J connectivity index is 2.10. The van der Waals surface area contributed by atoms with Crippen molar-refractivity contribution >= 4 is 5.97 Å². The Morgan fingerprint density at radius 1 is 1.45 bits per heavy atom. The van der Waals surface area contributed by atoms with Crippen LogP contribution < -0.4 is 0 Å². The molecule has 1 aromatic carbocycles. The number of aromatic nitrogens is 2. The van der Waals surface area contributed by atoms with Crippen LogP contribution >= 0.6 is 0 Å². The largest absolute Gasteiger partial charge is 0.464 e. The monoisotopic (exact) mass is 272 g/mol.